The zero-order valence-corrected chi connectivity index (χ0v) is 17.8. The molecule has 154 valence electrons. The van der Waals surface area contributed by atoms with Gasteiger partial charge in [-0.1, -0.05) is 37.2 Å². The summed E-state index contributed by atoms with van der Waals surface area (Å²) in [5.41, 5.74) is 9.91. The molecule has 0 saturated heterocycles. The number of nitrogens with two attached hydrogens (primary N) is 1. The second-order valence-corrected chi connectivity index (χ2v) is 8.55. The van der Waals surface area contributed by atoms with E-state index < -0.39 is 5.54 Å². The lowest BCUT2D eigenvalue weighted by molar-refractivity contribution is -0.162. The standard InChI is InChI=1S/C22H29N5O2/c1-6-28-18-12-22(23,21(18,4)5)20-24-19(26-29-20)17-9-7-8-16(11-17)13-27-15(3)10-14(2)25-27/h7-11,18H,6,12-13,23H2,1-5H3. The van der Waals surface area contributed by atoms with Gasteiger partial charge in [-0.05, 0) is 38.5 Å². The summed E-state index contributed by atoms with van der Waals surface area (Å²) in [6.07, 6.45) is 0.768. The molecule has 0 bridgehead atoms. The highest BCUT2D eigenvalue weighted by Crippen LogP contribution is 2.55. The fourth-order valence-corrected chi connectivity index (χ4v) is 4.14. The highest BCUT2D eigenvalue weighted by Gasteiger charge is 2.62. The van der Waals surface area contributed by atoms with E-state index in [9.17, 15) is 0 Å². The molecule has 0 aliphatic heterocycles. The van der Waals surface area contributed by atoms with Crippen molar-refractivity contribution in [3.05, 3.63) is 53.2 Å². The zero-order chi connectivity index (χ0) is 20.8. The van der Waals surface area contributed by atoms with Crippen molar-refractivity contribution in [2.24, 2.45) is 11.1 Å². The molecule has 2 N–H and O–H groups in total. The number of nitrogens with zero attached hydrogens (tertiary/aromatic N) is 4. The smallest absolute Gasteiger partial charge is 0.247 e. The minimum absolute atomic E-state index is 0.0944. The van der Waals surface area contributed by atoms with Gasteiger partial charge < -0.3 is 15.0 Å². The predicted octanol–water partition coefficient (Wildman–Crippen LogP) is 3.59. The van der Waals surface area contributed by atoms with Gasteiger partial charge in [-0.2, -0.15) is 10.1 Å². The first-order valence-corrected chi connectivity index (χ1v) is 10.1. The normalized spacial score (nSPS) is 23.2. The lowest BCUT2D eigenvalue weighted by Crippen LogP contribution is -2.67. The summed E-state index contributed by atoms with van der Waals surface area (Å²) in [7, 11) is 0. The molecule has 1 saturated carbocycles. The Labute approximate surface area is 171 Å². The van der Waals surface area contributed by atoms with Crippen LogP contribution in [0.15, 0.2) is 34.9 Å². The maximum atomic E-state index is 6.68. The van der Waals surface area contributed by atoms with Crippen molar-refractivity contribution in [1.29, 1.82) is 0 Å². The quantitative estimate of drug-likeness (QED) is 0.686. The molecule has 0 spiro atoms. The zero-order valence-electron chi connectivity index (χ0n) is 17.8. The molecule has 29 heavy (non-hydrogen) atoms. The van der Waals surface area contributed by atoms with E-state index in [0.717, 1.165) is 22.5 Å². The monoisotopic (exact) mass is 395 g/mol. The first-order valence-electron chi connectivity index (χ1n) is 10.1. The average Bonchev–Trinajstić information content (AvgIpc) is 3.29. The van der Waals surface area contributed by atoms with Crippen LogP contribution in [-0.4, -0.2) is 32.6 Å². The van der Waals surface area contributed by atoms with Gasteiger partial charge in [0, 0.05) is 29.7 Å². The molecule has 0 amide bonds. The summed E-state index contributed by atoms with van der Waals surface area (Å²) in [5.74, 6) is 1.02. The van der Waals surface area contributed by atoms with E-state index in [2.05, 4.69) is 54.2 Å². The van der Waals surface area contributed by atoms with Crippen molar-refractivity contribution in [2.75, 3.05) is 6.61 Å². The molecule has 1 fully saturated rings. The number of aromatic nitrogens is 4. The van der Waals surface area contributed by atoms with Crippen LogP contribution in [0.4, 0.5) is 0 Å². The van der Waals surface area contributed by atoms with Crippen LogP contribution < -0.4 is 5.73 Å². The van der Waals surface area contributed by atoms with Gasteiger partial charge in [-0.25, -0.2) is 0 Å². The van der Waals surface area contributed by atoms with Crippen LogP contribution in [0.3, 0.4) is 0 Å². The van der Waals surface area contributed by atoms with Crippen molar-refractivity contribution >= 4 is 0 Å². The largest absolute Gasteiger partial charge is 0.378 e. The second-order valence-electron chi connectivity index (χ2n) is 8.55. The van der Waals surface area contributed by atoms with E-state index in [4.69, 9.17) is 15.0 Å². The van der Waals surface area contributed by atoms with E-state index in [1.807, 2.05) is 30.7 Å². The van der Waals surface area contributed by atoms with Crippen molar-refractivity contribution < 1.29 is 9.26 Å². The van der Waals surface area contributed by atoms with Crippen LogP contribution in [0.1, 0.15) is 50.0 Å². The van der Waals surface area contributed by atoms with Crippen LogP contribution >= 0.6 is 0 Å². The predicted molar refractivity (Wildman–Crippen MR) is 110 cm³/mol. The summed E-state index contributed by atoms with van der Waals surface area (Å²) >= 11 is 0. The highest BCUT2D eigenvalue weighted by atomic mass is 16.5. The summed E-state index contributed by atoms with van der Waals surface area (Å²) < 4.78 is 13.4. The molecule has 1 aromatic carbocycles. The van der Waals surface area contributed by atoms with Gasteiger partial charge in [-0.3, -0.25) is 4.68 Å². The molecular weight excluding hydrogens is 366 g/mol. The Kier molecular flexibility index (Phi) is 4.83. The third kappa shape index (κ3) is 3.28. The van der Waals surface area contributed by atoms with Gasteiger partial charge in [0.25, 0.3) is 0 Å². The minimum atomic E-state index is -0.681. The van der Waals surface area contributed by atoms with Crippen LogP contribution in [0, 0.1) is 19.3 Å². The molecule has 2 atom stereocenters. The van der Waals surface area contributed by atoms with Crippen LogP contribution in [0.25, 0.3) is 11.4 Å². The molecule has 2 aromatic heterocycles. The Morgan fingerprint density at radius 3 is 2.72 bits per heavy atom. The Bertz CT molecular complexity index is 1020. The Hall–Kier alpha value is -2.51. The molecule has 4 rings (SSSR count). The van der Waals surface area contributed by atoms with Crippen molar-refractivity contribution in [3.63, 3.8) is 0 Å². The molecule has 7 heteroatoms. The number of aryl methyl sites for hydroxylation is 2. The second kappa shape index (κ2) is 7.07. The lowest BCUT2D eigenvalue weighted by atomic mass is 9.54. The molecule has 7 nitrogen and oxygen atoms in total. The Morgan fingerprint density at radius 2 is 2.07 bits per heavy atom. The summed E-state index contributed by atoms with van der Waals surface area (Å²) in [6, 6.07) is 10.2. The van der Waals surface area contributed by atoms with Crippen LogP contribution in [-0.2, 0) is 16.8 Å². The van der Waals surface area contributed by atoms with Crippen molar-refractivity contribution in [1.82, 2.24) is 19.9 Å². The highest BCUT2D eigenvalue weighted by molar-refractivity contribution is 5.55. The molecule has 2 unspecified atom stereocenters. The Balaban J connectivity index is 1.57. The molecular formula is C22H29N5O2. The first-order chi connectivity index (χ1) is 13.7. The molecule has 1 aliphatic rings. The minimum Gasteiger partial charge on any atom is -0.378 e. The van der Waals surface area contributed by atoms with Gasteiger partial charge in [0.2, 0.25) is 11.7 Å². The van der Waals surface area contributed by atoms with Crippen molar-refractivity contribution in [2.45, 2.75) is 59.2 Å². The van der Waals surface area contributed by atoms with Gasteiger partial charge in [0.05, 0.1) is 18.3 Å². The lowest BCUT2D eigenvalue weighted by Gasteiger charge is -2.56. The van der Waals surface area contributed by atoms with Gasteiger partial charge >= 0.3 is 0 Å². The number of benzene rings is 1. The number of hydrogen-bond acceptors (Lipinski definition) is 6. The fourth-order valence-electron chi connectivity index (χ4n) is 4.14. The fraction of sp³-hybridized carbons (Fsp3) is 0.500. The van der Waals surface area contributed by atoms with Crippen LogP contribution in [0.2, 0.25) is 0 Å². The number of hydrogen-bond donors (Lipinski definition) is 1. The topological polar surface area (TPSA) is 92.0 Å². The number of ether oxygens (including phenoxy) is 1. The molecule has 3 aromatic rings. The van der Waals surface area contributed by atoms with Crippen LogP contribution in [0.5, 0.6) is 0 Å². The average molecular weight is 396 g/mol. The maximum Gasteiger partial charge on any atom is 0.247 e. The SMILES string of the molecule is CCOC1CC(N)(c2nc(-c3cccc(Cn4nc(C)cc4C)c3)no2)C1(C)C. The van der Waals surface area contributed by atoms with E-state index in [1.165, 1.54) is 0 Å². The van der Waals surface area contributed by atoms with E-state index in [-0.39, 0.29) is 11.5 Å². The third-order valence-electron chi connectivity index (χ3n) is 6.26. The summed E-state index contributed by atoms with van der Waals surface area (Å²) in [6.45, 7) is 11.6. The summed E-state index contributed by atoms with van der Waals surface area (Å²) in [4.78, 5) is 4.65. The van der Waals surface area contributed by atoms with E-state index in [0.29, 0.717) is 31.3 Å². The van der Waals surface area contributed by atoms with Crippen molar-refractivity contribution in [3.8, 4) is 11.4 Å². The maximum absolute atomic E-state index is 6.68. The third-order valence-corrected chi connectivity index (χ3v) is 6.26. The molecule has 1 aliphatic carbocycles. The Morgan fingerprint density at radius 1 is 1.28 bits per heavy atom. The van der Waals surface area contributed by atoms with Gasteiger partial charge in [-0.15, -0.1) is 0 Å². The van der Waals surface area contributed by atoms with Gasteiger partial charge in [0.1, 0.15) is 5.54 Å². The molecule has 2 heterocycles. The summed E-state index contributed by atoms with van der Waals surface area (Å²) in [5, 5.41) is 8.75. The van der Waals surface area contributed by atoms with E-state index >= 15 is 0 Å². The van der Waals surface area contributed by atoms with Gasteiger partial charge in [0.15, 0.2) is 0 Å². The van der Waals surface area contributed by atoms with E-state index in [1.54, 1.807) is 0 Å². The first kappa shape index (κ1) is 19.8. The molecule has 0 radical (unpaired) electrons. The number of rotatable bonds is 6.